The summed E-state index contributed by atoms with van der Waals surface area (Å²) in [7, 11) is 0. The van der Waals surface area contributed by atoms with Gasteiger partial charge in [0.2, 0.25) is 0 Å². The fourth-order valence-electron chi connectivity index (χ4n) is 1.98. The van der Waals surface area contributed by atoms with Gasteiger partial charge >= 0.3 is 0 Å². The minimum Gasteiger partial charge on any atom is -0.0599 e. The van der Waals surface area contributed by atoms with E-state index in [9.17, 15) is 0 Å². The molecule has 0 aliphatic heterocycles. The van der Waals surface area contributed by atoms with Crippen LogP contribution >= 0.6 is 0 Å². The highest BCUT2D eigenvalue weighted by molar-refractivity contribution is 4.92. The summed E-state index contributed by atoms with van der Waals surface area (Å²) in [6, 6.07) is 0. The molecule has 0 spiro atoms. The van der Waals surface area contributed by atoms with Crippen molar-refractivity contribution in [3.05, 3.63) is 5.92 Å². The van der Waals surface area contributed by atoms with Crippen LogP contribution < -0.4 is 0 Å². The summed E-state index contributed by atoms with van der Waals surface area (Å²) >= 11 is 0. The first-order valence-corrected chi connectivity index (χ1v) is 4.81. The van der Waals surface area contributed by atoms with Gasteiger partial charge in [-0.15, -0.1) is 0 Å². The number of rotatable bonds is 0. The Morgan fingerprint density at radius 1 is 1.09 bits per heavy atom. The normalized spacial score (nSPS) is 22.4. The molecular weight excluding hydrogens is 132 g/mol. The van der Waals surface area contributed by atoms with Crippen LogP contribution in [-0.4, -0.2) is 0 Å². The molecule has 11 heavy (non-hydrogen) atoms. The fraction of sp³-hybridized carbons (Fsp3) is 0.909. The van der Waals surface area contributed by atoms with Gasteiger partial charge in [-0.25, -0.2) is 0 Å². The Kier molecular flexibility index (Phi) is 2.51. The number of hydrogen-bond donors (Lipinski definition) is 0. The van der Waals surface area contributed by atoms with E-state index in [1.807, 2.05) is 0 Å². The van der Waals surface area contributed by atoms with Crippen molar-refractivity contribution in [1.82, 2.24) is 0 Å². The molecule has 0 N–H and O–H groups in total. The van der Waals surface area contributed by atoms with E-state index in [0.29, 0.717) is 5.41 Å². The van der Waals surface area contributed by atoms with Gasteiger partial charge in [-0.1, -0.05) is 20.8 Å². The smallest absolute Gasteiger partial charge is 0.0599 e. The van der Waals surface area contributed by atoms with Crippen LogP contribution in [0, 0.1) is 17.3 Å². The van der Waals surface area contributed by atoms with Gasteiger partial charge in [0.15, 0.2) is 0 Å². The molecule has 0 aromatic carbocycles. The Morgan fingerprint density at radius 3 is 1.91 bits per heavy atom. The molecule has 0 saturated heterocycles. The van der Waals surface area contributed by atoms with Crippen LogP contribution in [0.15, 0.2) is 0 Å². The second kappa shape index (κ2) is 3.08. The Morgan fingerprint density at radius 2 is 1.55 bits per heavy atom. The fourth-order valence-corrected chi connectivity index (χ4v) is 1.98. The molecule has 0 aromatic rings. The molecule has 1 saturated carbocycles. The van der Waals surface area contributed by atoms with Crippen molar-refractivity contribution in [3.63, 3.8) is 0 Å². The van der Waals surface area contributed by atoms with Crippen LogP contribution in [0.4, 0.5) is 0 Å². The Hall–Kier alpha value is -0.130. The maximum absolute atomic E-state index is 2.37. The van der Waals surface area contributed by atoms with Crippen LogP contribution in [0.3, 0.4) is 0 Å². The average Bonchev–Trinajstić information content (AvgIpc) is 1.86. The lowest BCUT2D eigenvalue weighted by Crippen LogP contribution is -2.24. The van der Waals surface area contributed by atoms with Gasteiger partial charge in [0.25, 0.3) is 0 Å². The lowest BCUT2D eigenvalue weighted by atomic mass is 9.70. The Labute approximate surface area is 71.4 Å². The highest BCUT2D eigenvalue weighted by Gasteiger charge is 2.32. The van der Waals surface area contributed by atoms with Gasteiger partial charge in [-0.2, -0.15) is 0 Å². The summed E-state index contributed by atoms with van der Waals surface area (Å²) in [5, 5.41) is 0. The van der Waals surface area contributed by atoms with Crippen LogP contribution in [-0.2, 0) is 0 Å². The van der Waals surface area contributed by atoms with Crippen molar-refractivity contribution in [2.45, 2.75) is 53.4 Å². The first-order valence-electron chi connectivity index (χ1n) is 4.81. The molecule has 0 heterocycles. The summed E-state index contributed by atoms with van der Waals surface area (Å²) < 4.78 is 0. The van der Waals surface area contributed by atoms with Crippen LogP contribution in [0.25, 0.3) is 0 Å². The van der Waals surface area contributed by atoms with Crippen molar-refractivity contribution in [1.29, 1.82) is 0 Å². The van der Waals surface area contributed by atoms with Gasteiger partial charge in [0.1, 0.15) is 0 Å². The molecule has 0 aromatic heterocycles. The number of hydrogen-bond acceptors (Lipinski definition) is 0. The minimum absolute atomic E-state index is 0.542. The predicted molar refractivity (Wildman–Crippen MR) is 50.3 cm³/mol. The SMILES string of the molecule is C[C+]1CCC(C(C)(C)C)CC1. The molecule has 0 atom stereocenters. The highest BCUT2D eigenvalue weighted by atomic mass is 14.3. The third kappa shape index (κ3) is 2.43. The maximum atomic E-state index is 2.37. The van der Waals surface area contributed by atoms with E-state index in [2.05, 4.69) is 27.7 Å². The standard InChI is InChI=1S/C11H21/c1-9-5-7-10(8-6-9)11(2,3)4/h10H,5-8H2,1-4H3/q+1. The third-order valence-corrected chi connectivity index (χ3v) is 3.06. The monoisotopic (exact) mass is 153 g/mol. The van der Waals surface area contributed by atoms with Gasteiger partial charge in [-0.05, 0) is 24.2 Å². The van der Waals surface area contributed by atoms with E-state index < -0.39 is 0 Å². The van der Waals surface area contributed by atoms with Gasteiger partial charge in [0.05, 0.1) is 25.7 Å². The summed E-state index contributed by atoms with van der Waals surface area (Å²) in [5.41, 5.74) is 0.542. The van der Waals surface area contributed by atoms with Gasteiger partial charge in [-0.3, -0.25) is 0 Å². The molecule has 0 nitrogen and oxygen atoms in total. The zero-order valence-corrected chi connectivity index (χ0v) is 8.41. The lowest BCUT2D eigenvalue weighted by Gasteiger charge is -2.32. The topological polar surface area (TPSA) is 0 Å². The third-order valence-electron chi connectivity index (χ3n) is 3.06. The van der Waals surface area contributed by atoms with E-state index in [1.54, 1.807) is 5.92 Å². The molecule has 0 unspecified atom stereocenters. The second-order valence-corrected chi connectivity index (χ2v) is 5.10. The molecular formula is C11H21+. The van der Waals surface area contributed by atoms with E-state index >= 15 is 0 Å². The van der Waals surface area contributed by atoms with Crippen molar-refractivity contribution in [2.75, 3.05) is 0 Å². The summed E-state index contributed by atoms with van der Waals surface area (Å²) in [5.74, 6) is 2.68. The summed E-state index contributed by atoms with van der Waals surface area (Å²) in [4.78, 5) is 0. The molecule has 0 amide bonds. The minimum atomic E-state index is 0.542. The zero-order valence-electron chi connectivity index (χ0n) is 8.41. The Bertz CT molecular complexity index is 110. The van der Waals surface area contributed by atoms with Gasteiger partial charge < -0.3 is 0 Å². The highest BCUT2D eigenvalue weighted by Crippen LogP contribution is 2.40. The van der Waals surface area contributed by atoms with Crippen LogP contribution in [0.1, 0.15) is 53.4 Å². The molecule has 1 aliphatic carbocycles. The van der Waals surface area contributed by atoms with E-state index in [1.165, 1.54) is 25.7 Å². The zero-order chi connectivity index (χ0) is 8.48. The van der Waals surface area contributed by atoms with Crippen molar-refractivity contribution in [2.24, 2.45) is 11.3 Å². The molecule has 64 valence electrons. The van der Waals surface area contributed by atoms with Crippen LogP contribution in [0.2, 0.25) is 0 Å². The molecule has 1 aliphatic rings. The summed E-state index contributed by atoms with van der Waals surface area (Å²) in [6.45, 7) is 9.42. The summed E-state index contributed by atoms with van der Waals surface area (Å²) in [6.07, 6.45) is 5.61. The van der Waals surface area contributed by atoms with E-state index in [-0.39, 0.29) is 0 Å². The van der Waals surface area contributed by atoms with Gasteiger partial charge in [0, 0.05) is 0 Å². The molecule has 1 fully saturated rings. The van der Waals surface area contributed by atoms with Crippen molar-refractivity contribution < 1.29 is 0 Å². The van der Waals surface area contributed by atoms with Crippen molar-refractivity contribution >= 4 is 0 Å². The van der Waals surface area contributed by atoms with E-state index in [4.69, 9.17) is 0 Å². The average molecular weight is 153 g/mol. The molecule has 0 heteroatoms. The largest absolute Gasteiger partial charge is 0.0900 e. The quantitative estimate of drug-likeness (QED) is 0.464. The molecule has 1 rings (SSSR count). The molecule has 0 radical (unpaired) electrons. The Balaban J connectivity index is 2.39. The maximum Gasteiger partial charge on any atom is 0.0900 e. The second-order valence-electron chi connectivity index (χ2n) is 5.10. The first-order chi connectivity index (χ1) is 5.00. The van der Waals surface area contributed by atoms with Crippen LogP contribution in [0.5, 0.6) is 0 Å². The van der Waals surface area contributed by atoms with Crippen molar-refractivity contribution in [3.8, 4) is 0 Å². The lowest BCUT2D eigenvalue weighted by molar-refractivity contribution is 0.188. The molecule has 0 bridgehead atoms. The van der Waals surface area contributed by atoms with E-state index in [0.717, 1.165) is 5.92 Å². The predicted octanol–water partition coefficient (Wildman–Crippen LogP) is 3.82. The first kappa shape index (κ1) is 8.96.